The molecule has 1 saturated carbocycles. The largest absolute Gasteiger partial charge is 0.394 e. The molecule has 4 aliphatic rings. The minimum Gasteiger partial charge on any atom is -0.394 e. The van der Waals surface area contributed by atoms with Gasteiger partial charge in [-0.2, -0.15) is 0 Å². The molecule has 1 aliphatic carbocycles. The Kier molecular flexibility index (Phi) is 18.8. The van der Waals surface area contributed by atoms with Crippen molar-refractivity contribution in [2.45, 2.75) is 111 Å². The van der Waals surface area contributed by atoms with Gasteiger partial charge >= 0.3 is 0 Å². The molecule has 248 valence electrons. The number of halogens is 4. The maximum absolute atomic E-state index is 10.7. The molecule has 13 N–H and O–H groups in total. The molecule has 0 aromatic heterocycles. The molecule has 0 bridgehead atoms. The fourth-order valence-corrected chi connectivity index (χ4v) is 5.37. The Bertz CT molecular complexity index is 745. The Morgan fingerprint density at radius 1 is 0.683 bits per heavy atom. The molecule has 15 atom stereocenters. The number of nitrogens with two attached hydrogens (primary N) is 4. The zero-order chi connectivity index (χ0) is 26.9. The first-order chi connectivity index (χ1) is 17.7. The van der Waals surface area contributed by atoms with Crippen LogP contribution in [0.15, 0.2) is 0 Å². The van der Waals surface area contributed by atoms with E-state index in [0.717, 1.165) is 0 Å². The van der Waals surface area contributed by atoms with Gasteiger partial charge in [-0.25, -0.2) is 0 Å². The van der Waals surface area contributed by atoms with Gasteiger partial charge in [0, 0.05) is 31.8 Å². The molecule has 15 nitrogen and oxygen atoms in total. The van der Waals surface area contributed by atoms with Gasteiger partial charge in [-0.15, -0.1) is 49.6 Å². The van der Waals surface area contributed by atoms with E-state index in [4.69, 9.17) is 51.4 Å². The van der Waals surface area contributed by atoms with Gasteiger partial charge in [0.1, 0.15) is 61.0 Å². The van der Waals surface area contributed by atoms with Crippen molar-refractivity contribution in [3.63, 3.8) is 0 Å². The van der Waals surface area contributed by atoms with Crippen molar-refractivity contribution in [1.82, 2.24) is 0 Å². The molecule has 3 heterocycles. The number of rotatable bonds is 4. The number of aliphatic hydroxyl groups excluding tert-OH is 5. The van der Waals surface area contributed by atoms with Gasteiger partial charge in [-0.1, -0.05) is 0 Å². The second-order valence-corrected chi connectivity index (χ2v) is 10.2. The van der Waals surface area contributed by atoms with Crippen LogP contribution in [0.2, 0.25) is 0 Å². The number of hydrogen-bond acceptors (Lipinski definition) is 15. The van der Waals surface area contributed by atoms with Gasteiger partial charge in [-0.3, -0.25) is 0 Å². The zero-order valence-corrected chi connectivity index (χ0v) is 25.5. The van der Waals surface area contributed by atoms with Crippen LogP contribution in [0.5, 0.6) is 0 Å². The molecule has 0 radical (unpaired) electrons. The fourth-order valence-electron chi connectivity index (χ4n) is 5.37. The number of hydrogen-bond donors (Lipinski definition) is 9. The first kappa shape index (κ1) is 41.6. The average molecular weight is 684 g/mol. The lowest BCUT2D eigenvalue weighted by Crippen LogP contribution is -2.69. The Labute approximate surface area is 263 Å². The van der Waals surface area contributed by atoms with Crippen LogP contribution in [-0.4, -0.2) is 144 Å². The van der Waals surface area contributed by atoms with Gasteiger partial charge in [0.2, 0.25) is 0 Å². The van der Waals surface area contributed by atoms with Crippen LogP contribution < -0.4 is 22.9 Å². The minimum absolute atomic E-state index is 0. The van der Waals surface area contributed by atoms with Crippen molar-refractivity contribution in [2.75, 3.05) is 26.4 Å². The molecular formula is C22H46Cl4N4O11. The number of fused-ring (bicyclic) bond motifs is 2. The van der Waals surface area contributed by atoms with Crippen LogP contribution in [0.1, 0.15) is 19.3 Å². The molecule has 0 aromatic rings. The van der Waals surface area contributed by atoms with Crippen molar-refractivity contribution >= 4 is 49.6 Å². The summed E-state index contributed by atoms with van der Waals surface area (Å²) in [6, 6.07) is -2.41. The third-order valence-electron chi connectivity index (χ3n) is 7.59. The highest BCUT2D eigenvalue weighted by atomic mass is 35.5. The fraction of sp³-hybridized carbons (Fsp3) is 1.00. The molecular weight excluding hydrogens is 638 g/mol. The monoisotopic (exact) mass is 682 g/mol. The van der Waals surface area contributed by atoms with Gasteiger partial charge in [0.15, 0.2) is 12.6 Å². The van der Waals surface area contributed by atoms with E-state index in [-0.39, 0.29) is 75.8 Å². The first-order valence-corrected chi connectivity index (χ1v) is 12.8. The molecule has 4 fully saturated rings. The minimum atomic E-state index is -1.41. The Balaban J connectivity index is 0.00000400. The lowest BCUT2D eigenvalue weighted by atomic mass is 9.84. The van der Waals surface area contributed by atoms with Gasteiger partial charge in [0.25, 0.3) is 0 Å². The van der Waals surface area contributed by atoms with Crippen molar-refractivity contribution < 1.29 is 54.0 Å². The van der Waals surface area contributed by atoms with Crippen molar-refractivity contribution in [1.29, 1.82) is 0 Å². The highest BCUT2D eigenvalue weighted by Crippen LogP contribution is 2.33. The number of aliphatic hydroxyl groups is 5. The topological polar surface area (TPSA) is 261 Å². The maximum atomic E-state index is 10.7. The normalized spacial score (nSPS) is 46.9. The van der Waals surface area contributed by atoms with E-state index in [2.05, 4.69) is 0 Å². The second kappa shape index (κ2) is 18.5. The number of ether oxygens (including phenoxy) is 6. The Hall–Kier alpha value is 0.560. The molecule has 4 rings (SSSR count). The van der Waals surface area contributed by atoms with E-state index in [0.29, 0.717) is 12.8 Å². The summed E-state index contributed by atoms with van der Waals surface area (Å²) < 4.78 is 35.8. The van der Waals surface area contributed by atoms with Crippen LogP contribution in [0.3, 0.4) is 0 Å². The smallest absolute Gasteiger partial charge is 0.187 e. The van der Waals surface area contributed by atoms with Crippen LogP contribution >= 0.6 is 49.6 Å². The van der Waals surface area contributed by atoms with E-state index in [1.165, 1.54) is 0 Å². The lowest BCUT2D eigenvalue weighted by Gasteiger charge is -2.49. The van der Waals surface area contributed by atoms with Gasteiger partial charge in [0.05, 0.1) is 12.6 Å². The van der Waals surface area contributed by atoms with Gasteiger partial charge < -0.3 is 76.9 Å². The zero-order valence-electron chi connectivity index (χ0n) is 22.2. The van der Waals surface area contributed by atoms with Crippen molar-refractivity contribution in [2.24, 2.45) is 22.9 Å². The predicted octanol–water partition coefficient (Wildman–Crippen LogP) is -3.76. The summed E-state index contributed by atoms with van der Waals surface area (Å²) in [5, 5.41) is 51.5. The maximum Gasteiger partial charge on any atom is 0.187 e. The summed E-state index contributed by atoms with van der Waals surface area (Å²) in [7, 11) is 0. The quantitative estimate of drug-likeness (QED) is 0.138. The third-order valence-corrected chi connectivity index (χ3v) is 7.59. The van der Waals surface area contributed by atoms with E-state index in [1.54, 1.807) is 0 Å². The van der Waals surface area contributed by atoms with Gasteiger partial charge in [-0.05, 0) is 19.3 Å². The summed E-state index contributed by atoms with van der Waals surface area (Å²) in [6.07, 6.45) is -11.9. The first-order valence-electron chi connectivity index (χ1n) is 12.8. The van der Waals surface area contributed by atoms with Crippen LogP contribution in [0.25, 0.3) is 0 Å². The Morgan fingerprint density at radius 3 is 1.88 bits per heavy atom. The molecule has 0 unspecified atom stereocenters. The predicted molar refractivity (Wildman–Crippen MR) is 153 cm³/mol. The average Bonchev–Trinajstić information content (AvgIpc) is 2.92. The van der Waals surface area contributed by atoms with Crippen molar-refractivity contribution in [3.05, 3.63) is 0 Å². The Morgan fingerprint density at radius 2 is 1.29 bits per heavy atom. The summed E-state index contributed by atoms with van der Waals surface area (Å²) in [5.41, 5.74) is 24.5. The summed E-state index contributed by atoms with van der Waals surface area (Å²) >= 11 is 0. The van der Waals surface area contributed by atoms with E-state index < -0.39 is 98.4 Å². The molecule has 0 amide bonds. The van der Waals surface area contributed by atoms with Crippen molar-refractivity contribution in [3.8, 4) is 0 Å². The summed E-state index contributed by atoms with van der Waals surface area (Å²) in [6.45, 7) is -0.0513. The van der Waals surface area contributed by atoms with Crippen LogP contribution in [0.4, 0.5) is 0 Å². The highest BCUT2D eigenvalue weighted by molar-refractivity contribution is 5.86. The lowest BCUT2D eigenvalue weighted by molar-refractivity contribution is -0.338. The third kappa shape index (κ3) is 9.07. The molecule has 19 heteroatoms. The molecule has 3 aliphatic heterocycles. The highest BCUT2D eigenvalue weighted by Gasteiger charge is 2.53. The molecule has 41 heavy (non-hydrogen) atoms. The van der Waals surface area contributed by atoms with Crippen LogP contribution in [0, 0.1) is 0 Å². The van der Waals surface area contributed by atoms with E-state index in [9.17, 15) is 25.5 Å². The summed E-state index contributed by atoms with van der Waals surface area (Å²) in [4.78, 5) is 0. The molecule has 0 aromatic carbocycles. The second-order valence-electron chi connectivity index (χ2n) is 10.2. The van der Waals surface area contributed by atoms with E-state index >= 15 is 0 Å². The standard InChI is InChI=1S/C22H42N4O11.4ClH/c23-6-10-14(29)16(31)19-22(34-10)37-18-9(25)5-8(24)17(20(18)33-4-2-1-3-32-19)36-21-15(30)12(26)13(28)11(7-27)35-21;;;;/h8-22,27-31H,1-7,23-26H2;4*1H/t8-,9+,10-,11-,12+,13-,14-,15-,16+,17+,18-,19-,20-,21-,22-;;;;/m1..../s1. The van der Waals surface area contributed by atoms with Crippen LogP contribution in [-0.2, 0) is 28.4 Å². The SMILES string of the molecule is Cl.Cl.Cl.Cl.NC[C@H]1O[C@@H]2O[C@H]3[C@H](OCCCCO[C@@H]2[C@@H](O)[C@@H]1O)[C@@H](O[C@H]1O[C@H](CO)[C@@H](O)[C@H](N)[C@H]1O)[C@H](N)C[C@@H]3N. The molecule has 3 saturated heterocycles. The molecule has 0 spiro atoms. The summed E-state index contributed by atoms with van der Waals surface area (Å²) in [5.74, 6) is 0. The van der Waals surface area contributed by atoms with E-state index in [1.807, 2.05) is 0 Å².